The molecule has 0 unspecified atom stereocenters. The van der Waals surface area contributed by atoms with Crippen LogP contribution in [0.25, 0.3) is 10.9 Å². The van der Waals surface area contributed by atoms with E-state index in [1.807, 2.05) is 6.92 Å². The van der Waals surface area contributed by atoms with Crippen molar-refractivity contribution in [3.05, 3.63) is 39.4 Å². The minimum atomic E-state index is -0.200. The Morgan fingerprint density at radius 2 is 2.22 bits per heavy atom. The van der Waals surface area contributed by atoms with E-state index in [0.29, 0.717) is 34.8 Å². The van der Waals surface area contributed by atoms with Crippen LogP contribution in [0.15, 0.2) is 23.0 Å². The smallest absolute Gasteiger partial charge is 0.258 e. The summed E-state index contributed by atoms with van der Waals surface area (Å²) in [6.07, 6.45) is 3.94. The Bertz CT molecular complexity index is 783. The second kappa shape index (κ2) is 6.71. The molecular weight excluding hydrogens is 314 g/mol. The second-order valence-corrected chi connectivity index (χ2v) is 6.50. The number of H-pyrrole nitrogens is 1. The Balaban J connectivity index is 1.88. The zero-order chi connectivity index (χ0) is 16.4. The molecule has 0 radical (unpaired) electrons. The average molecular weight is 334 g/mol. The summed E-state index contributed by atoms with van der Waals surface area (Å²) < 4.78 is 0. The van der Waals surface area contributed by atoms with E-state index in [2.05, 4.69) is 9.97 Å². The van der Waals surface area contributed by atoms with Crippen molar-refractivity contribution in [1.82, 2.24) is 14.9 Å². The average Bonchev–Trinajstić information content (AvgIpc) is 2.44. The molecule has 1 aromatic carbocycles. The number of amides is 1. The first-order chi connectivity index (χ1) is 11.1. The summed E-state index contributed by atoms with van der Waals surface area (Å²) in [5, 5.41) is 1.04. The predicted molar refractivity (Wildman–Crippen MR) is 90.4 cm³/mol. The molecule has 1 heterocycles. The number of aromatic nitrogens is 2. The highest BCUT2D eigenvalue weighted by molar-refractivity contribution is 6.31. The maximum atomic E-state index is 12.5. The lowest BCUT2D eigenvalue weighted by molar-refractivity contribution is -0.139. The molecule has 1 aliphatic carbocycles. The van der Waals surface area contributed by atoms with Crippen LogP contribution in [0.1, 0.15) is 38.4 Å². The van der Waals surface area contributed by atoms with E-state index in [4.69, 9.17) is 11.6 Å². The fourth-order valence-corrected chi connectivity index (χ4v) is 3.03. The van der Waals surface area contributed by atoms with Gasteiger partial charge in [0, 0.05) is 17.5 Å². The minimum Gasteiger partial charge on any atom is -0.335 e. The summed E-state index contributed by atoms with van der Waals surface area (Å²) in [6.45, 7) is 3.05. The Morgan fingerprint density at radius 3 is 2.87 bits per heavy atom. The van der Waals surface area contributed by atoms with E-state index in [-0.39, 0.29) is 17.4 Å². The van der Waals surface area contributed by atoms with E-state index in [1.165, 1.54) is 0 Å². The number of carbonyl (C=O) groups excluding carboxylic acids is 1. The molecule has 0 aliphatic heterocycles. The van der Waals surface area contributed by atoms with Crippen LogP contribution in [-0.4, -0.2) is 27.3 Å². The van der Waals surface area contributed by atoms with Gasteiger partial charge in [0.1, 0.15) is 5.82 Å². The predicted octanol–water partition coefficient (Wildman–Crippen LogP) is 3.12. The first-order valence-corrected chi connectivity index (χ1v) is 8.43. The quantitative estimate of drug-likeness (QED) is 0.914. The largest absolute Gasteiger partial charge is 0.335 e. The summed E-state index contributed by atoms with van der Waals surface area (Å²) in [5.74, 6) is 0.820. The molecule has 1 N–H and O–H groups in total. The lowest BCUT2D eigenvalue weighted by Crippen LogP contribution is -2.39. The highest BCUT2D eigenvalue weighted by Gasteiger charge is 2.29. The molecule has 0 bridgehead atoms. The van der Waals surface area contributed by atoms with Crippen LogP contribution in [0.5, 0.6) is 0 Å². The molecule has 2 aromatic rings. The van der Waals surface area contributed by atoms with Crippen molar-refractivity contribution in [2.24, 2.45) is 5.92 Å². The number of rotatable bonds is 5. The third kappa shape index (κ3) is 3.39. The maximum absolute atomic E-state index is 12.5. The monoisotopic (exact) mass is 333 g/mol. The van der Waals surface area contributed by atoms with E-state index in [1.54, 1.807) is 23.1 Å². The number of aromatic amines is 1. The van der Waals surface area contributed by atoms with Crippen molar-refractivity contribution in [1.29, 1.82) is 0 Å². The first-order valence-electron chi connectivity index (χ1n) is 8.05. The molecule has 0 atom stereocenters. The summed E-state index contributed by atoms with van der Waals surface area (Å²) in [6, 6.07) is 5.01. The molecule has 1 fully saturated rings. The number of halogens is 1. The molecule has 1 saturated carbocycles. The van der Waals surface area contributed by atoms with Gasteiger partial charge in [-0.15, -0.1) is 0 Å². The van der Waals surface area contributed by atoms with Gasteiger partial charge in [-0.3, -0.25) is 9.59 Å². The number of nitrogens with zero attached hydrogens (tertiary/aromatic N) is 2. The van der Waals surface area contributed by atoms with Crippen molar-refractivity contribution in [2.45, 2.75) is 39.2 Å². The summed E-state index contributed by atoms with van der Waals surface area (Å²) >= 11 is 5.98. The molecule has 0 spiro atoms. The zero-order valence-corrected chi connectivity index (χ0v) is 13.9. The van der Waals surface area contributed by atoms with Gasteiger partial charge in [0.25, 0.3) is 5.56 Å². The van der Waals surface area contributed by atoms with Crippen LogP contribution in [0.4, 0.5) is 0 Å². The normalized spacial score (nSPS) is 14.7. The van der Waals surface area contributed by atoms with Gasteiger partial charge in [0.2, 0.25) is 5.91 Å². The molecule has 6 heteroatoms. The first kappa shape index (κ1) is 16.0. The summed E-state index contributed by atoms with van der Waals surface area (Å²) in [5.41, 5.74) is 0.359. The van der Waals surface area contributed by atoms with Gasteiger partial charge >= 0.3 is 0 Å². The number of hydrogen-bond acceptors (Lipinski definition) is 3. The van der Waals surface area contributed by atoms with E-state index in [0.717, 1.165) is 25.7 Å². The Labute approximate surface area is 139 Å². The van der Waals surface area contributed by atoms with Gasteiger partial charge < -0.3 is 9.88 Å². The molecular formula is C17H20ClN3O2. The SMILES string of the molecule is CCCN(Cc1nc2cc(Cl)ccc2c(=O)[nH]1)C(=O)C1CCC1. The number of carbonyl (C=O) groups is 1. The van der Waals surface area contributed by atoms with E-state index >= 15 is 0 Å². The van der Waals surface area contributed by atoms with Gasteiger partial charge in [-0.2, -0.15) is 0 Å². The van der Waals surface area contributed by atoms with Crippen LogP contribution in [-0.2, 0) is 11.3 Å². The number of hydrogen-bond donors (Lipinski definition) is 1. The summed E-state index contributed by atoms with van der Waals surface area (Å²) in [7, 11) is 0. The molecule has 0 saturated heterocycles. The Morgan fingerprint density at radius 1 is 1.43 bits per heavy atom. The molecule has 3 rings (SSSR count). The van der Waals surface area contributed by atoms with Crippen LogP contribution in [0, 0.1) is 5.92 Å². The van der Waals surface area contributed by atoms with E-state index < -0.39 is 0 Å². The molecule has 1 amide bonds. The maximum Gasteiger partial charge on any atom is 0.258 e. The Hall–Kier alpha value is -1.88. The number of nitrogens with one attached hydrogen (secondary N) is 1. The third-order valence-electron chi connectivity index (χ3n) is 4.32. The fraction of sp³-hybridized carbons (Fsp3) is 0.471. The molecule has 5 nitrogen and oxygen atoms in total. The molecule has 1 aliphatic rings. The van der Waals surface area contributed by atoms with Crippen molar-refractivity contribution >= 4 is 28.4 Å². The topological polar surface area (TPSA) is 66.1 Å². The van der Waals surface area contributed by atoms with Crippen LogP contribution in [0.2, 0.25) is 5.02 Å². The van der Waals surface area contributed by atoms with Crippen LogP contribution in [0.3, 0.4) is 0 Å². The van der Waals surface area contributed by atoms with Gasteiger partial charge in [0.05, 0.1) is 17.4 Å². The minimum absolute atomic E-state index is 0.142. The molecule has 122 valence electrons. The lowest BCUT2D eigenvalue weighted by Gasteiger charge is -2.31. The van der Waals surface area contributed by atoms with Crippen LogP contribution >= 0.6 is 11.6 Å². The highest BCUT2D eigenvalue weighted by Crippen LogP contribution is 2.28. The Kier molecular flexibility index (Phi) is 4.66. The zero-order valence-electron chi connectivity index (χ0n) is 13.1. The number of benzene rings is 1. The van der Waals surface area contributed by atoms with Gasteiger partial charge in [0.15, 0.2) is 0 Å². The highest BCUT2D eigenvalue weighted by atomic mass is 35.5. The van der Waals surface area contributed by atoms with Crippen LogP contribution < -0.4 is 5.56 Å². The van der Waals surface area contributed by atoms with Gasteiger partial charge in [-0.25, -0.2) is 4.98 Å². The van der Waals surface area contributed by atoms with E-state index in [9.17, 15) is 9.59 Å². The third-order valence-corrected chi connectivity index (χ3v) is 4.55. The second-order valence-electron chi connectivity index (χ2n) is 6.06. The van der Waals surface area contributed by atoms with Crippen molar-refractivity contribution in [3.63, 3.8) is 0 Å². The van der Waals surface area contributed by atoms with Gasteiger partial charge in [-0.1, -0.05) is 24.9 Å². The van der Waals surface area contributed by atoms with Crippen molar-refractivity contribution in [2.75, 3.05) is 6.54 Å². The van der Waals surface area contributed by atoms with Crippen molar-refractivity contribution in [3.8, 4) is 0 Å². The molecule has 1 aromatic heterocycles. The fourth-order valence-electron chi connectivity index (χ4n) is 2.87. The number of fused-ring (bicyclic) bond motifs is 1. The molecule has 23 heavy (non-hydrogen) atoms. The van der Waals surface area contributed by atoms with Crippen molar-refractivity contribution < 1.29 is 4.79 Å². The van der Waals surface area contributed by atoms with Gasteiger partial charge in [-0.05, 0) is 37.5 Å². The lowest BCUT2D eigenvalue weighted by atomic mass is 9.84. The summed E-state index contributed by atoms with van der Waals surface area (Å²) in [4.78, 5) is 33.7. The standard InChI is InChI=1S/C17H20ClN3O2/c1-2-8-21(17(23)11-4-3-5-11)10-15-19-14-9-12(18)6-7-13(14)16(22)20-15/h6-7,9,11H,2-5,8,10H2,1H3,(H,19,20,22).